The van der Waals surface area contributed by atoms with Crippen molar-refractivity contribution >= 4 is 21.6 Å². The summed E-state index contributed by atoms with van der Waals surface area (Å²) in [6.45, 7) is 6.55. The highest BCUT2D eigenvalue weighted by Crippen LogP contribution is 2.27. The standard InChI is InChI=1S/C15H25BrN2/c1-5-14(6-2)18(4)15-8-7-13(16)10-12(15)9-11(3)17/h7-8,10-11,14H,5-6,9,17H2,1-4H3. The second-order valence-electron chi connectivity index (χ2n) is 5.04. The number of rotatable bonds is 6. The molecule has 1 aromatic rings. The summed E-state index contributed by atoms with van der Waals surface area (Å²) in [5.41, 5.74) is 8.59. The van der Waals surface area contributed by atoms with Gasteiger partial charge in [0.1, 0.15) is 0 Å². The Bertz CT molecular complexity index is 373. The van der Waals surface area contributed by atoms with E-state index in [4.69, 9.17) is 5.73 Å². The zero-order chi connectivity index (χ0) is 13.7. The molecule has 0 bridgehead atoms. The Morgan fingerprint density at radius 3 is 2.39 bits per heavy atom. The molecule has 0 aliphatic rings. The number of anilines is 1. The molecule has 0 saturated heterocycles. The Labute approximate surface area is 120 Å². The van der Waals surface area contributed by atoms with Gasteiger partial charge in [0.25, 0.3) is 0 Å². The Hall–Kier alpha value is -0.540. The molecule has 102 valence electrons. The smallest absolute Gasteiger partial charge is 0.0400 e. The van der Waals surface area contributed by atoms with Crippen LogP contribution >= 0.6 is 15.9 Å². The van der Waals surface area contributed by atoms with Gasteiger partial charge in [0.15, 0.2) is 0 Å². The normalized spacial score (nSPS) is 12.8. The monoisotopic (exact) mass is 312 g/mol. The van der Waals surface area contributed by atoms with E-state index in [0.717, 1.165) is 10.9 Å². The molecule has 0 amide bonds. The second-order valence-corrected chi connectivity index (χ2v) is 5.95. The van der Waals surface area contributed by atoms with Gasteiger partial charge in [-0.3, -0.25) is 0 Å². The molecule has 0 heterocycles. The van der Waals surface area contributed by atoms with Gasteiger partial charge < -0.3 is 10.6 Å². The number of halogens is 1. The van der Waals surface area contributed by atoms with Crippen LogP contribution in [0.1, 0.15) is 39.2 Å². The van der Waals surface area contributed by atoms with E-state index in [1.54, 1.807) is 0 Å². The fraction of sp³-hybridized carbons (Fsp3) is 0.600. The van der Waals surface area contributed by atoms with Gasteiger partial charge in [0.05, 0.1) is 0 Å². The zero-order valence-electron chi connectivity index (χ0n) is 11.9. The van der Waals surface area contributed by atoms with E-state index in [2.05, 4.69) is 66.8 Å². The quantitative estimate of drug-likeness (QED) is 0.861. The van der Waals surface area contributed by atoms with Crippen molar-refractivity contribution in [3.05, 3.63) is 28.2 Å². The van der Waals surface area contributed by atoms with Gasteiger partial charge in [-0.05, 0) is 49.9 Å². The summed E-state index contributed by atoms with van der Waals surface area (Å²) in [5.74, 6) is 0. The average molecular weight is 313 g/mol. The van der Waals surface area contributed by atoms with Crippen LogP contribution in [0, 0.1) is 0 Å². The summed E-state index contributed by atoms with van der Waals surface area (Å²) in [6.07, 6.45) is 3.25. The highest BCUT2D eigenvalue weighted by Gasteiger charge is 2.15. The van der Waals surface area contributed by atoms with Crippen LogP contribution in [0.25, 0.3) is 0 Å². The Kier molecular flexibility index (Phi) is 6.16. The first-order valence-corrected chi connectivity index (χ1v) is 7.55. The molecule has 0 aliphatic carbocycles. The highest BCUT2D eigenvalue weighted by molar-refractivity contribution is 9.10. The molecule has 1 aromatic carbocycles. The molecule has 0 spiro atoms. The predicted octanol–water partition coefficient (Wildman–Crippen LogP) is 3.96. The average Bonchev–Trinajstić information content (AvgIpc) is 2.29. The first-order chi connectivity index (χ1) is 8.49. The molecule has 2 nitrogen and oxygen atoms in total. The first kappa shape index (κ1) is 15.5. The van der Waals surface area contributed by atoms with Crippen molar-refractivity contribution in [2.24, 2.45) is 5.73 Å². The molecule has 0 aromatic heterocycles. The van der Waals surface area contributed by atoms with Gasteiger partial charge >= 0.3 is 0 Å². The molecule has 0 saturated carbocycles. The van der Waals surface area contributed by atoms with Crippen LogP contribution in [0.2, 0.25) is 0 Å². The van der Waals surface area contributed by atoms with E-state index in [9.17, 15) is 0 Å². The summed E-state index contributed by atoms with van der Waals surface area (Å²) < 4.78 is 1.12. The third-order valence-electron chi connectivity index (χ3n) is 3.45. The number of nitrogens with zero attached hydrogens (tertiary/aromatic N) is 1. The lowest BCUT2D eigenvalue weighted by atomic mass is 10.0. The van der Waals surface area contributed by atoms with Gasteiger partial charge in [0, 0.05) is 29.3 Å². The lowest BCUT2D eigenvalue weighted by Gasteiger charge is -2.31. The Morgan fingerprint density at radius 1 is 1.28 bits per heavy atom. The molecule has 1 unspecified atom stereocenters. The molecule has 0 radical (unpaired) electrons. The van der Waals surface area contributed by atoms with Crippen LogP contribution < -0.4 is 10.6 Å². The summed E-state index contributed by atoms with van der Waals surface area (Å²) in [5, 5.41) is 0. The minimum atomic E-state index is 0.188. The van der Waals surface area contributed by atoms with Gasteiger partial charge in [-0.25, -0.2) is 0 Å². The van der Waals surface area contributed by atoms with Gasteiger partial charge in [0.2, 0.25) is 0 Å². The van der Waals surface area contributed by atoms with E-state index in [1.165, 1.54) is 24.1 Å². The van der Waals surface area contributed by atoms with Crippen molar-refractivity contribution in [3.8, 4) is 0 Å². The van der Waals surface area contributed by atoms with Gasteiger partial charge in [-0.2, -0.15) is 0 Å². The molecular weight excluding hydrogens is 288 g/mol. The van der Waals surface area contributed by atoms with Crippen LogP contribution in [0.4, 0.5) is 5.69 Å². The number of hydrogen-bond acceptors (Lipinski definition) is 2. The fourth-order valence-electron chi connectivity index (χ4n) is 2.44. The number of benzene rings is 1. The largest absolute Gasteiger partial charge is 0.371 e. The van der Waals surface area contributed by atoms with Crippen molar-refractivity contribution < 1.29 is 0 Å². The molecule has 1 rings (SSSR count). The maximum Gasteiger partial charge on any atom is 0.0400 e. The molecule has 2 N–H and O–H groups in total. The van der Waals surface area contributed by atoms with Crippen molar-refractivity contribution in [1.82, 2.24) is 0 Å². The minimum absolute atomic E-state index is 0.188. The highest BCUT2D eigenvalue weighted by atomic mass is 79.9. The van der Waals surface area contributed by atoms with Crippen LogP contribution in [-0.4, -0.2) is 19.1 Å². The van der Waals surface area contributed by atoms with Crippen LogP contribution in [-0.2, 0) is 6.42 Å². The van der Waals surface area contributed by atoms with Crippen LogP contribution in [0.3, 0.4) is 0 Å². The lowest BCUT2D eigenvalue weighted by Crippen LogP contribution is -2.31. The fourth-order valence-corrected chi connectivity index (χ4v) is 2.85. The van der Waals surface area contributed by atoms with Gasteiger partial charge in [-0.1, -0.05) is 29.8 Å². The van der Waals surface area contributed by atoms with Crippen molar-refractivity contribution in [1.29, 1.82) is 0 Å². The molecule has 0 fully saturated rings. The van der Waals surface area contributed by atoms with Crippen LogP contribution in [0.15, 0.2) is 22.7 Å². The predicted molar refractivity (Wildman–Crippen MR) is 84.3 cm³/mol. The summed E-state index contributed by atoms with van der Waals surface area (Å²) in [4.78, 5) is 2.39. The third kappa shape index (κ3) is 3.99. The molecule has 18 heavy (non-hydrogen) atoms. The van der Waals surface area contributed by atoms with E-state index in [0.29, 0.717) is 6.04 Å². The Morgan fingerprint density at radius 2 is 1.89 bits per heavy atom. The van der Waals surface area contributed by atoms with E-state index >= 15 is 0 Å². The van der Waals surface area contributed by atoms with E-state index in [1.807, 2.05) is 0 Å². The maximum absolute atomic E-state index is 5.95. The first-order valence-electron chi connectivity index (χ1n) is 6.76. The van der Waals surface area contributed by atoms with Crippen molar-refractivity contribution in [3.63, 3.8) is 0 Å². The molecule has 1 atom stereocenters. The molecule has 0 aliphatic heterocycles. The maximum atomic E-state index is 5.95. The summed E-state index contributed by atoms with van der Waals surface area (Å²) in [7, 11) is 2.19. The zero-order valence-corrected chi connectivity index (χ0v) is 13.5. The van der Waals surface area contributed by atoms with Crippen molar-refractivity contribution in [2.45, 2.75) is 52.1 Å². The number of nitrogens with two attached hydrogens (primary N) is 1. The molecular formula is C15H25BrN2. The summed E-state index contributed by atoms with van der Waals surface area (Å²) in [6, 6.07) is 7.28. The van der Waals surface area contributed by atoms with E-state index < -0.39 is 0 Å². The molecule has 3 heteroatoms. The van der Waals surface area contributed by atoms with Crippen molar-refractivity contribution in [2.75, 3.05) is 11.9 Å². The third-order valence-corrected chi connectivity index (χ3v) is 3.95. The van der Waals surface area contributed by atoms with Gasteiger partial charge in [-0.15, -0.1) is 0 Å². The topological polar surface area (TPSA) is 29.3 Å². The lowest BCUT2D eigenvalue weighted by molar-refractivity contribution is 0.588. The number of hydrogen-bond donors (Lipinski definition) is 1. The SMILES string of the molecule is CCC(CC)N(C)c1ccc(Br)cc1CC(C)N. The van der Waals surface area contributed by atoms with E-state index in [-0.39, 0.29) is 6.04 Å². The summed E-state index contributed by atoms with van der Waals surface area (Å²) >= 11 is 3.55. The Balaban J connectivity index is 3.06. The second kappa shape index (κ2) is 7.15. The van der Waals surface area contributed by atoms with Crippen LogP contribution in [0.5, 0.6) is 0 Å². The minimum Gasteiger partial charge on any atom is -0.371 e.